The van der Waals surface area contributed by atoms with Crippen LogP contribution in [0, 0.1) is 11.8 Å². The van der Waals surface area contributed by atoms with Gasteiger partial charge in [-0.15, -0.1) is 0 Å². The van der Waals surface area contributed by atoms with Gasteiger partial charge in [-0.3, -0.25) is 10.1 Å². The number of hydrogen-bond donors (Lipinski definition) is 2. The van der Waals surface area contributed by atoms with Gasteiger partial charge in [0.2, 0.25) is 15.9 Å². The molecule has 0 radical (unpaired) electrons. The van der Waals surface area contributed by atoms with Crippen molar-refractivity contribution < 1.29 is 22.7 Å². The molecule has 2 atom stereocenters. The van der Waals surface area contributed by atoms with Gasteiger partial charge in [-0.1, -0.05) is 50.8 Å². The first-order valence-electron chi connectivity index (χ1n) is 10.7. The fourth-order valence-electron chi connectivity index (χ4n) is 3.95. The van der Waals surface area contributed by atoms with Crippen molar-refractivity contribution in [2.45, 2.75) is 31.4 Å². The summed E-state index contributed by atoms with van der Waals surface area (Å²) < 4.78 is 33.0. The number of carbonyl (C=O) groups is 2. The van der Waals surface area contributed by atoms with Crippen molar-refractivity contribution in [1.29, 1.82) is 0 Å². The molecule has 1 saturated heterocycles. The summed E-state index contributed by atoms with van der Waals surface area (Å²) >= 11 is 0. The Morgan fingerprint density at radius 3 is 2.24 bits per heavy atom. The minimum absolute atomic E-state index is 0.0623. The van der Waals surface area contributed by atoms with Crippen molar-refractivity contribution in [2.75, 3.05) is 18.4 Å². The highest BCUT2D eigenvalue weighted by atomic mass is 32.2. The first-order valence-corrected chi connectivity index (χ1v) is 12.2. The summed E-state index contributed by atoms with van der Waals surface area (Å²) in [5, 5.41) is 5.49. The van der Waals surface area contributed by atoms with Crippen molar-refractivity contribution in [3.8, 4) is 0 Å². The molecule has 176 valence electrons. The van der Waals surface area contributed by atoms with Gasteiger partial charge in [0.05, 0.1) is 4.90 Å². The molecule has 0 spiro atoms. The number of benzene rings is 2. The number of nitrogens with one attached hydrogen (secondary N) is 2. The number of nitrogens with zero attached hydrogens (tertiary/aromatic N) is 1. The van der Waals surface area contributed by atoms with Crippen LogP contribution in [-0.4, -0.2) is 43.9 Å². The lowest BCUT2D eigenvalue weighted by molar-refractivity contribution is -0.118. The van der Waals surface area contributed by atoms with Crippen molar-refractivity contribution >= 4 is 27.7 Å². The summed E-state index contributed by atoms with van der Waals surface area (Å²) in [6.45, 7) is 8.02. The maximum absolute atomic E-state index is 13.2. The number of amides is 2. The molecule has 9 heteroatoms. The molecule has 2 unspecified atom stereocenters. The topological polar surface area (TPSA) is 105 Å². The van der Waals surface area contributed by atoms with E-state index in [1.54, 1.807) is 0 Å². The molecule has 0 bridgehead atoms. The fraction of sp³-hybridized carbons (Fsp3) is 0.333. The van der Waals surface area contributed by atoms with Gasteiger partial charge in [-0.25, -0.2) is 13.2 Å². The predicted octanol–water partition coefficient (Wildman–Crippen LogP) is 3.38. The zero-order chi connectivity index (χ0) is 24.0. The van der Waals surface area contributed by atoms with Crippen LogP contribution >= 0.6 is 0 Å². The van der Waals surface area contributed by atoms with Crippen LogP contribution in [-0.2, 0) is 26.2 Å². The number of carbonyl (C=O) groups excluding carboxylic acids is 2. The third-order valence-electron chi connectivity index (χ3n) is 5.65. The van der Waals surface area contributed by atoms with Gasteiger partial charge in [-0.2, -0.15) is 4.31 Å². The van der Waals surface area contributed by atoms with Gasteiger partial charge < -0.3 is 10.1 Å². The quantitative estimate of drug-likeness (QED) is 0.603. The molecule has 3 rings (SSSR count). The highest BCUT2D eigenvalue weighted by Crippen LogP contribution is 2.28. The normalized spacial score (nSPS) is 21.1. The first-order chi connectivity index (χ1) is 15.7. The van der Waals surface area contributed by atoms with Gasteiger partial charge in [0.1, 0.15) is 6.61 Å². The Morgan fingerprint density at radius 2 is 1.67 bits per heavy atom. The number of ether oxygens (including phenoxy) is 1. The molecule has 2 aromatic rings. The van der Waals surface area contributed by atoms with E-state index in [0.717, 1.165) is 5.56 Å². The Bertz CT molecular complexity index is 1070. The highest BCUT2D eigenvalue weighted by Gasteiger charge is 2.38. The fourth-order valence-corrected chi connectivity index (χ4v) is 5.59. The Morgan fingerprint density at radius 1 is 1.06 bits per heavy atom. The number of rotatable bonds is 7. The van der Waals surface area contributed by atoms with Gasteiger partial charge in [0, 0.05) is 24.8 Å². The molecule has 2 N–H and O–H groups in total. The van der Waals surface area contributed by atoms with Crippen molar-refractivity contribution in [1.82, 2.24) is 9.62 Å². The molecule has 1 heterocycles. The minimum atomic E-state index is -3.72. The molecule has 0 aromatic heterocycles. The number of anilines is 1. The number of sulfonamides is 1. The average molecular weight is 472 g/mol. The monoisotopic (exact) mass is 471 g/mol. The van der Waals surface area contributed by atoms with Crippen molar-refractivity contribution in [2.24, 2.45) is 11.8 Å². The van der Waals surface area contributed by atoms with E-state index in [4.69, 9.17) is 4.74 Å². The zero-order valence-corrected chi connectivity index (χ0v) is 19.5. The second-order valence-corrected chi connectivity index (χ2v) is 10.2. The van der Waals surface area contributed by atoms with Crippen LogP contribution in [0.25, 0.3) is 0 Å². The van der Waals surface area contributed by atoms with E-state index in [1.807, 2.05) is 44.2 Å². The van der Waals surface area contributed by atoms with Gasteiger partial charge >= 0.3 is 6.09 Å². The van der Waals surface area contributed by atoms with Crippen molar-refractivity contribution in [3.63, 3.8) is 0 Å². The summed E-state index contributed by atoms with van der Waals surface area (Å²) in [6.07, 6.45) is 0.594. The Balaban J connectivity index is 1.60. The first kappa shape index (κ1) is 24.5. The standard InChI is InChI=1S/C24H29N3O5S/c1-4-22(28)26-23-17(2)14-27(15-18(23)3)33(30,31)21-12-10-20(11-13-21)25-24(29)32-16-19-8-6-5-7-9-19/h4-13,17-18,23H,1,14-16H2,2-3H3,(H,25,29)(H,26,28). The molecule has 1 aliphatic heterocycles. The molecule has 8 nitrogen and oxygen atoms in total. The molecule has 1 aliphatic rings. The molecule has 2 amide bonds. The Kier molecular flexibility index (Phi) is 7.88. The molecule has 2 aromatic carbocycles. The van der Waals surface area contributed by atoms with Gasteiger partial charge in [-0.05, 0) is 47.7 Å². The minimum Gasteiger partial charge on any atom is -0.444 e. The van der Waals surface area contributed by atoms with E-state index >= 15 is 0 Å². The molecule has 1 fully saturated rings. The average Bonchev–Trinajstić information content (AvgIpc) is 2.80. The van der Waals surface area contributed by atoms with E-state index in [1.165, 1.54) is 34.6 Å². The van der Waals surface area contributed by atoms with Crippen LogP contribution in [0.4, 0.5) is 10.5 Å². The maximum Gasteiger partial charge on any atom is 0.411 e. The lowest BCUT2D eigenvalue weighted by Gasteiger charge is -2.40. The summed E-state index contributed by atoms with van der Waals surface area (Å²) in [4.78, 5) is 23.9. The zero-order valence-electron chi connectivity index (χ0n) is 18.7. The van der Waals surface area contributed by atoms with Crippen LogP contribution in [0.5, 0.6) is 0 Å². The van der Waals surface area contributed by atoms with Crippen LogP contribution in [0.1, 0.15) is 19.4 Å². The maximum atomic E-state index is 13.2. The van der Waals surface area contributed by atoms with Crippen LogP contribution < -0.4 is 10.6 Å². The van der Waals surface area contributed by atoms with E-state index in [0.29, 0.717) is 18.8 Å². The number of piperidine rings is 1. The molecule has 0 aliphatic carbocycles. The second kappa shape index (κ2) is 10.6. The lowest BCUT2D eigenvalue weighted by atomic mass is 9.87. The third-order valence-corrected chi connectivity index (χ3v) is 7.50. The van der Waals surface area contributed by atoms with Crippen LogP contribution in [0.15, 0.2) is 72.1 Å². The van der Waals surface area contributed by atoms with Crippen molar-refractivity contribution in [3.05, 3.63) is 72.8 Å². The number of hydrogen-bond acceptors (Lipinski definition) is 5. The smallest absolute Gasteiger partial charge is 0.411 e. The van der Waals surface area contributed by atoms with Gasteiger partial charge in [0.25, 0.3) is 0 Å². The summed E-state index contributed by atoms with van der Waals surface area (Å²) in [5.74, 6) is -0.388. The summed E-state index contributed by atoms with van der Waals surface area (Å²) in [7, 11) is -3.72. The molecule has 33 heavy (non-hydrogen) atoms. The summed E-state index contributed by atoms with van der Waals surface area (Å²) in [5.41, 5.74) is 1.30. The third kappa shape index (κ3) is 6.21. The predicted molar refractivity (Wildman–Crippen MR) is 126 cm³/mol. The summed E-state index contributed by atoms with van der Waals surface area (Å²) in [6, 6.07) is 15.1. The molecular formula is C24H29N3O5S. The van der Waals surface area contributed by atoms with Crippen LogP contribution in [0.2, 0.25) is 0 Å². The highest BCUT2D eigenvalue weighted by molar-refractivity contribution is 7.89. The Hall–Kier alpha value is -3.17. The van der Waals surface area contributed by atoms with E-state index in [9.17, 15) is 18.0 Å². The second-order valence-electron chi connectivity index (χ2n) is 8.23. The van der Waals surface area contributed by atoms with E-state index in [2.05, 4.69) is 17.2 Å². The van der Waals surface area contributed by atoms with Crippen LogP contribution in [0.3, 0.4) is 0 Å². The Labute approximate surface area is 194 Å². The molecular weight excluding hydrogens is 442 g/mol. The SMILES string of the molecule is C=CC(=O)NC1C(C)CN(S(=O)(=O)c2ccc(NC(=O)OCc3ccccc3)cc2)CC1C. The van der Waals surface area contributed by atoms with Gasteiger partial charge in [0.15, 0.2) is 0 Å². The molecule has 0 saturated carbocycles. The lowest BCUT2D eigenvalue weighted by Crippen LogP contribution is -2.55. The largest absolute Gasteiger partial charge is 0.444 e. The van der Waals surface area contributed by atoms with E-state index < -0.39 is 16.1 Å². The van der Waals surface area contributed by atoms with E-state index in [-0.39, 0.29) is 35.3 Å².